The molecule has 0 atom stereocenters. The molecule has 0 saturated heterocycles. The van der Waals surface area contributed by atoms with Crippen molar-refractivity contribution in [1.82, 2.24) is 5.32 Å². The van der Waals surface area contributed by atoms with Crippen LogP contribution in [0.25, 0.3) is 0 Å². The maximum atomic E-state index is 11.1. The van der Waals surface area contributed by atoms with Crippen molar-refractivity contribution in [2.45, 2.75) is 64.3 Å². The molecule has 1 N–H and O–H groups in total. The summed E-state index contributed by atoms with van der Waals surface area (Å²) >= 11 is 0. The first-order valence-corrected chi connectivity index (χ1v) is 6.57. The summed E-state index contributed by atoms with van der Waals surface area (Å²) in [5.74, 6) is -0.0542. The Kier molecular flexibility index (Phi) is 5.81. The smallest absolute Gasteiger partial charge is 0.305 e. The van der Waals surface area contributed by atoms with Gasteiger partial charge in [0.25, 0.3) is 0 Å². The lowest BCUT2D eigenvalue weighted by molar-refractivity contribution is -0.143. The molecule has 0 spiro atoms. The number of hydrogen-bond acceptors (Lipinski definition) is 3. The molecular formula is C13H25NO2. The second-order valence-corrected chi connectivity index (χ2v) is 4.96. The largest absolute Gasteiger partial charge is 0.466 e. The van der Waals surface area contributed by atoms with Crippen LogP contribution < -0.4 is 5.32 Å². The average Bonchev–Trinajstić information content (AvgIpc) is 2.21. The fourth-order valence-electron chi connectivity index (χ4n) is 2.08. The Morgan fingerprint density at radius 3 is 2.62 bits per heavy atom. The molecule has 0 bridgehead atoms. The predicted molar refractivity (Wildman–Crippen MR) is 65.4 cm³/mol. The van der Waals surface area contributed by atoms with Crippen LogP contribution in [0.15, 0.2) is 0 Å². The van der Waals surface area contributed by atoms with Gasteiger partial charge in [-0.05, 0) is 52.5 Å². The zero-order valence-electron chi connectivity index (χ0n) is 10.7. The molecule has 0 aromatic rings. The van der Waals surface area contributed by atoms with Crippen molar-refractivity contribution in [1.29, 1.82) is 0 Å². The summed E-state index contributed by atoms with van der Waals surface area (Å²) in [5, 5.41) is 3.59. The Labute approximate surface area is 98.9 Å². The lowest BCUT2D eigenvalue weighted by Crippen LogP contribution is -2.48. The van der Waals surface area contributed by atoms with Crippen molar-refractivity contribution in [3.8, 4) is 0 Å². The summed E-state index contributed by atoms with van der Waals surface area (Å²) in [6, 6.07) is 0. The van der Waals surface area contributed by atoms with Gasteiger partial charge < -0.3 is 10.1 Å². The van der Waals surface area contributed by atoms with Gasteiger partial charge in [0.15, 0.2) is 0 Å². The standard InChI is InChI=1S/C13H25NO2/c1-3-16-12(15)8-5-4-6-11-14-13(2)9-7-10-13/h14H,3-11H2,1-2H3. The van der Waals surface area contributed by atoms with Gasteiger partial charge in [0.2, 0.25) is 0 Å². The molecule has 0 radical (unpaired) electrons. The molecule has 94 valence electrons. The summed E-state index contributed by atoms with van der Waals surface area (Å²) in [6.45, 7) is 5.73. The van der Waals surface area contributed by atoms with E-state index in [1.807, 2.05) is 6.92 Å². The highest BCUT2D eigenvalue weighted by molar-refractivity contribution is 5.69. The number of esters is 1. The minimum atomic E-state index is -0.0542. The second-order valence-electron chi connectivity index (χ2n) is 4.96. The minimum Gasteiger partial charge on any atom is -0.466 e. The van der Waals surface area contributed by atoms with Crippen LogP contribution in [-0.2, 0) is 9.53 Å². The summed E-state index contributed by atoms with van der Waals surface area (Å²) in [5.41, 5.74) is 0.418. The fraction of sp³-hybridized carbons (Fsp3) is 0.923. The Morgan fingerprint density at radius 2 is 2.06 bits per heavy atom. The van der Waals surface area contributed by atoms with Crippen LogP contribution in [0.1, 0.15) is 58.8 Å². The zero-order chi connectivity index (χ0) is 11.9. The van der Waals surface area contributed by atoms with Gasteiger partial charge in [0.05, 0.1) is 6.61 Å². The highest BCUT2D eigenvalue weighted by Crippen LogP contribution is 2.30. The van der Waals surface area contributed by atoms with Crippen LogP contribution in [0.2, 0.25) is 0 Å². The van der Waals surface area contributed by atoms with E-state index < -0.39 is 0 Å². The van der Waals surface area contributed by atoms with E-state index in [1.54, 1.807) is 0 Å². The highest BCUT2D eigenvalue weighted by atomic mass is 16.5. The van der Waals surface area contributed by atoms with E-state index in [-0.39, 0.29) is 5.97 Å². The molecule has 0 aromatic carbocycles. The second kappa shape index (κ2) is 6.89. The lowest BCUT2D eigenvalue weighted by atomic mass is 9.78. The first-order chi connectivity index (χ1) is 7.66. The molecule has 1 aliphatic carbocycles. The van der Waals surface area contributed by atoms with Crippen LogP contribution in [0, 0.1) is 0 Å². The SMILES string of the molecule is CCOC(=O)CCCCCNC1(C)CCC1. The van der Waals surface area contributed by atoms with E-state index in [2.05, 4.69) is 12.2 Å². The molecule has 0 heterocycles. The number of carbonyl (C=O) groups is 1. The maximum Gasteiger partial charge on any atom is 0.305 e. The maximum absolute atomic E-state index is 11.1. The van der Waals surface area contributed by atoms with Gasteiger partial charge in [-0.15, -0.1) is 0 Å². The van der Waals surface area contributed by atoms with Crippen molar-refractivity contribution in [3.05, 3.63) is 0 Å². The van der Waals surface area contributed by atoms with Crippen molar-refractivity contribution in [2.75, 3.05) is 13.2 Å². The third kappa shape index (κ3) is 4.97. The molecule has 16 heavy (non-hydrogen) atoms. The molecule has 0 amide bonds. The highest BCUT2D eigenvalue weighted by Gasteiger charge is 2.30. The van der Waals surface area contributed by atoms with E-state index in [1.165, 1.54) is 19.3 Å². The number of carbonyl (C=O) groups excluding carboxylic acids is 1. The molecule has 0 unspecified atom stereocenters. The normalized spacial score (nSPS) is 17.9. The van der Waals surface area contributed by atoms with Crippen molar-refractivity contribution in [3.63, 3.8) is 0 Å². The van der Waals surface area contributed by atoms with Gasteiger partial charge >= 0.3 is 5.97 Å². The Bertz CT molecular complexity index is 212. The summed E-state index contributed by atoms with van der Waals surface area (Å²) in [7, 11) is 0. The van der Waals surface area contributed by atoms with Crippen molar-refractivity contribution >= 4 is 5.97 Å². The molecule has 1 aliphatic rings. The van der Waals surface area contributed by atoms with Gasteiger partial charge in [0, 0.05) is 12.0 Å². The number of rotatable bonds is 8. The van der Waals surface area contributed by atoms with E-state index in [9.17, 15) is 4.79 Å². The lowest BCUT2D eigenvalue weighted by Gasteiger charge is -2.39. The number of ether oxygens (including phenoxy) is 1. The number of nitrogens with one attached hydrogen (secondary N) is 1. The van der Waals surface area contributed by atoms with Gasteiger partial charge in [-0.3, -0.25) is 4.79 Å². The van der Waals surface area contributed by atoms with Crippen LogP contribution >= 0.6 is 0 Å². The van der Waals surface area contributed by atoms with Crippen molar-refractivity contribution < 1.29 is 9.53 Å². The first kappa shape index (κ1) is 13.5. The van der Waals surface area contributed by atoms with Gasteiger partial charge in [-0.1, -0.05) is 6.42 Å². The van der Waals surface area contributed by atoms with Crippen LogP contribution in [-0.4, -0.2) is 24.7 Å². The topological polar surface area (TPSA) is 38.3 Å². The van der Waals surface area contributed by atoms with Gasteiger partial charge in [-0.2, -0.15) is 0 Å². The Balaban J connectivity index is 1.86. The van der Waals surface area contributed by atoms with E-state index in [0.717, 1.165) is 25.8 Å². The molecule has 1 fully saturated rings. The summed E-state index contributed by atoms with van der Waals surface area (Å²) in [4.78, 5) is 11.1. The molecule has 1 rings (SSSR count). The molecule has 3 heteroatoms. The zero-order valence-corrected chi connectivity index (χ0v) is 10.7. The minimum absolute atomic E-state index is 0.0542. The van der Waals surface area contributed by atoms with Crippen LogP contribution in [0.5, 0.6) is 0 Å². The quantitative estimate of drug-likeness (QED) is 0.512. The Hall–Kier alpha value is -0.570. The van der Waals surface area contributed by atoms with Gasteiger partial charge in [-0.25, -0.2) is 0 Å². The van der Waals surface area contributed by atoms with Crippen molar-refractivity contribution in [2.24, 2.45) is 0 Å². The molecule has 3 nitrogen and oxygen atoms in total. The monoisotopic (exact) mass is 227 g/mol. The van der Waals surface area contributed by atoms with Crippen LogP contribution in [0.3, 0.4) is 0 Å². The predicted octanol–water partition coefficient (Wildman–Crippen LogP) is 2.64. The summed E-state index contributed by atoms with van der Waals surface area (Å²) < 4.78 is 4.87. The molecular weight excluding hydrogens is 202 g/mol. The average molecular weight is 227 g/mol. The number of hydrogen-bond donors (Lipinski definition) is 1. The van der Waals surface area contributed by atoms with Crippen LogP contribution in [0.4, 0.5) is 0 Å². The van der Waals surface area contributed by atoms with E-state index in [4.69, 9.17) is 4.74 Å². The summed E-state index contributed by atoms with van der Waals surface area (Å²) in [6.07, 6.45) is 7.80. The third-order valence-electron chi connectivity index (χ3n) is 3.37. The molecule has 0 aliphatic heterocycles. The third-order valence-corrected chi connectivity index (χ3v) is 3.37. The molecule has 1 saturated carbocycles. The first-order valence-electron chi connectivity index (χ1n) is 6.57. The van der Waals surface area contributed by atoms with E-state index in [0.29, 0.717) is 18.6 Å². The fourth-order valence-corrected chi connectivity index (χ4v) is 2.08. The van der Waals surface area contributed by atoms with Gasteiger partial charge in [0.1, 0.15) is 0 Å². The number of unbranched alkanes of at least 4 members (excludes halogenated alkanes) is 2. The Morgan fingerprint density at radius 1 is 1.31 bits per heavy atom. The molecule has 0 aromatic heterocycles. The van der Waals surface area contributed by atoms with E-state index >= 15 is 0 Å².